The van der Waals surface area contributed by atoms with E-state index < -0.39 is 0 Å². The first kappa shape index (κ1) is 22.1. The van der Waals surface area contributed by atoms with E-state index in [1.807, 2.05) is 0 Å². The van der Waals surface area contributed by atoms with Crippen LogP contribution >= 0.6 is 0 Å². The summed E-state index contributed by atoms with van der Waals surface area (Å²) in [4.78, 5) is 0. The van der Waals surface area contributed by atoms with Crippen LogP contribution in [0.1, 0.15) is 102 Å². The first-order valence-corrected chi connectivity index (χ1v) is 9.46. The van der Waals surface area contributed by atoms with E-state index in [1.54, 1.807) is 0 Å². The van der Waals surface area contributed by atoms with Crippen LogP contribution in [0.2, 0.25) is 10.6 Å². The van der Waals surface area contributed by atoms with Crippen LogP contribution in [0, 0.1) is 22.7 Å². The van der Waals surface area contributed by atoms with E-state index in [1.165, 1.54) is 19.3 Å². The van der Waals surface area contributed by atoms with Gasteiger partial charge in [-0.25, -0.2) is 0 Å². The maximum Gasteiger partial charge on any atom is 0.125 e. The summed E-state index contributed by atoms with van der Waals surface area (Å²) < 4.78 is 0. The summed E-state index contributed by atoms with van der Waals surface area (Å²) >= 11 is 0. The summed E-state index contributed by atoms with van der Waals surface area (Å²) in [6, 6.07) is 0. The van der Waals surface area contributed by atoms with Crippen molar-refractivity contribution in [3.8, 4) is 0 Å². The van der Waals surface area contributed by atoms with Gasteiger partial charge in [-0.3, -0.25) is 0 Å². The third kappa shape index (κ3) is 5.61. The quantitative estimate of drug-likeness (QED) is 0.384. The van der Waals surface area contributed by atoms with Crippen molar-refractivity contribution < 1.29 is 0 Å². The lowest BCUT2D eigenvalue weighted by molar-refractivity contribution is 0.159. The second-order valence-corrected chi connectivity index (χ2v) is 10.6. The lowest BCUT2D eigenvalue weighted by Gasteiger charge is -2.50. The van der Waals surface area contributed by atoms with Crippen LogP contribution in [-0.2, 0) is 0 Å². The van der Waals surface area contributed by atoms with Gasteiger partial charge >= 0.3 is 0 Å². The second kappa shape index (κ2) is 7.31. The highest BCUT2D eigenvalue weighted by Crippen LogP contribution is 2.55. The van der Waals surface area contributed by atoms with E-state index >= 15 is 0 Å². The predicted molar refractivity (Wildman–Crippen MR) is 105 cm³/mol. The molecular formula is C21H44B. The molecule has 0 N–H and O–H groups in total. The van der Waals surface area contributed by atoms with Crippen molar-refractivity contribution in [1.82, 2.24) is 0 Å². The van der Waals surface area contributed by atoms with Crippen LogP contribution in [0.3, 0.4) is 0 Å². The zero-order valence-electron chi connectivity index (χ0n) is 17.9. The Morgan fingerprint density at radius 2 is 1.27 bits per heavy atom. The predicted octanol–water partition coefficient (Wildman–Crippen LogP) is 7.62. The lowest BCUT2D eigenvalue weighted by atomic mass is 9.32. The average molecular weight is 307 g/mol. The van der Waals surface area contributed by atoms with E-state index in [9.17, 15) is 0 Å². The second-order valence-electron chi connectivity index (χ2n) is 10.6. The summed E-state index contributed by atoms with van der Waals surface area (Å²) in [6.07, 6.45) is 3.89. The van der Waals surface area contributed by atoms with E-state index in [2.05, 4.69) is 90.4 Å². The molecule has 0 aliphatic heterocycles. The molecule has 131 valence electrons. The molecule has 0 heterocycles. The van der Waals surface area contributed by atoms with Gasteiger partial charge in [0.25, 0.3) is 0 Å². The van der Waals surface area contributed by atoms with Gasteiger partial charge in [-0.1, -0.05) is 107 Å². The summed E-state index contributed by atoms with van der Waals surface area (Å²) in [5.74, 6) is 1.47. The van der Waals surface area contributed by atoms with Crippen LogP contribution in [0.15, 0.2) is 0 Å². The molecule has 0 nitrogen and oxygen atoms in total. The van der Waals surface area contributed by atoms with Crippen LogP contribution in [0.25, 0.3) is 0 Å². The molecule has 0 aromatic carbocycles. The molecule has 1 atom stereocenters. The molecule has 0 aromatic heterocycles. The fourth-order valence-corrected chi connectivity index (χ4v) is 4.13. The molecular weight excluding hydrogens is 263 g/mol. The van der Waals surface area contributed by atoms with Crippen LogP contribution in [0.5, 0.6) is 0 Å². The Labute approximate surface area is 143 Å². The molecule has 0 rings (SSSR count). The van der Waals surface area contributed by atoms with Gasteiger partial charge in [0, 0.05) is 0 Å². The molecule has 22 heavy (non-hydrogen) atoms. The minimum Gasteiger partial charge on any atom is -0.0671 e. The number of hydrogen-bond donors (Lipinski definition) is 0. The van der Waals surface area contributed by atoms with Gasteiger partial charge in [0.15, 0.2) is 0 Å². The van der Waals surface area contributed by atoms with E-state index in [4.69, 9.17) is 0 Å². The van der Waals surface area contributed by atoms with Gasteiger partial charge in [0.05, 0.1) is 0 Å². The van der Waals surface area contributed by atoms with Crippen LogP contribution in [0.4, 0.5) is 0 Å². The summed E-state index contributed by atoms with van der Waals surface area (Å²) in [5, 5.41) is 0.496. The minimum atomic E-state index is 0.231. The minimum absolute atomic E-state index is 0.231. The van der Waals surface area contributed by atoms with Gasteiger partial charge in [-0.05, 0) is 29.1 Å². The topological polar surface area (TPSA) is 0 Å². The van der Waals surface area contributed by atoms with E-state index in [0.717, 1.165) is 5.92 Å². The lowest BCUT2D eigenvalue weighted by Crippen LogP contribution is -2.41. The SMILES string of the molecule is CCCC(C)C(C)(C)CC(C)(C)[B]C(C)(C)C(C)(C)C(C)C. The fourth-order valence-electron chi connectivity index (χ4n) is 4.13. The van der Waals surface area contributed by atoms with Gasteiger partial charge in [-0.15, -0.1) is 0 Å². The first-order chi connectivity index (χ1) is 9.59. The Kier molecular flexibility index (Phi) is 7.33. The van der Waals surface area contributed by atoms with E-state index in [0.29, 0.717) is 16.7 Å². The van der Waals surface area contributed by atoms with Crippen molar-refractivity contribution in [2.45, 2.75) is 113 Å². The zero-order valence-corrected chi connectivity index (χ0v) is 17.9. The molecule has 0 aromatic rings. The molecule has 0 saturated carbocycles. The molecule has 1 radical (unpaired) electrons. The Hall–Kier alpha value is 0.0649. The Morgan fingerprint density at radius 3 is 1.64 bits per heavy atom. The third-order valence-corrected chi connectivity index (χ3v) is 6.82. The number of hydrogen-bond acceptors (Lipinski definition) is 0. The maximum absolute atomic E-state index is 2.65. The summed E-state index contributed by atoms with van der Waals surface area (Å²) in [5.41, 5.74) is 0.706. The maximum atomic E-state index is 2.65. The third-order valence-electron chi connectivity index (χ3n) is 6.82. The van der Waals surface area contributed by atoms with Crippen molar-refractivity contribution in [2.75, 3.05) is 0 Å². The van der Waals surface area contributed by atoms with Crippen LogP contribution in [-0.4, -0.2) is 7.28 Å². The molecule has 1 heteroatoms. The smallest absolute Gasteiger partial charge is 0.0671 e. The first-order valence-electron chi connectivity index (χ1n) is 9.46. The molecule has 1 unspecified atom stereocenters. The van der Waals surface area contributed by atoms with Crippen molar-refractivity contribution in [3.63, 3.8) is 0 Å². The van der Waals surface area contributed by atoms with Gasteiger partial charge in [0.2, 0.25) is 0 Å². The highest BCUT2D eigenvalue weighted by molar-refractivity contribution is 6.44. The molecule has 0 spiro atoms. The summed E-state index contributed by atoms with van der Waals surface area (Å²) in [6.45, 7) is 29.0. The standard InChI is InChI=1S/C21H44B/c1-13-14-17(4)18(5,6)15-19(7,8)22-21(11,12)20(9,10)16(2)3/h16-17H,13-15H2,1-12H3. The Balaban J connectivity index is 5.11. The molecule has 0 aliphatic carbocycles. The Bertz CT molecular complexity index is 334. The summed E-state index contributed by atoms with van der Waals surface area (Å²) in [7, 11) is 2.65. The van der Waals surface area contributed by atoms with Gasteiger partial charge in [-0.2, -0.15) is 0 Å². The highest BCUT2D eigenvalue weighted by atomic mass is 14.4. The zero-order chi connectivity index (χ0) is 18.0. The van der Waals surface area contributed by atoms with E-state index in [-0.39, 0.29) is 10.6 Å². The molecule has 0 aliphatic rings. The largest absolute Gasteiger partial charge is 0.125 e. The van der Waals surface area contributed by atoms with Gasteiger partial charge in [0.1, 0.15) is 7.28 Å². The Morgan fingerprint density at radius 1 is 0.818 bits per heavy atom. The molecule has 0 bridgehead atoms. The van der Waals surface area contributed by atoms with Crippen molar-refractivity contribution >= 4 is 7.28 Å². The van der Waals surface area contributed by atoms with Crippen LogP contribution < -0.4 is 0 Å². The fraction of sp³-hybridized carbons (Fsp3) is 1.00. The monoisotopic (exact) mass is 307 g/mol. The van der Waals surface area contributed by atoms with Crippen molar-refractivity contribution in [1.29, 1.82) is 0 Å². The van der Waals surface area contributed by atoms with Crippen molar-refractivity contribution in [2.24, 2.45) is 22.7 Å². The van der Waals surface area contributed by atoms with Crippen molar-refractivity contribution in [3.05, 3.63) is 0 Å². The average Bonchev–Trinajstić information content (AvgIpc) is 2.25. The molecule has 0 saturated heterocycles. The molecule has 0 fully saturated rings. The highest BCUT2D eigenvalue weighted by Gasteiger charge is 2.44. The normalized spacial score (nSPS) is 16.0. The molecule has 0 amide bonds. The van der Waals surface area contributed by atoms with Gasteiger partial charge < -0.3 is 0 Å². The number of rotatable bonds is 9.